The second-order valence-electron chi connectivity index (χ2n) is 7.62. The van der Waals surface area contributed by atoms with Crippen molar-refractivity contribution >= 4 is 17.5 Å². The maximum absolute atomic E-state index is 12.5. The molecular weight excluding hydrogens is 358 g/mol. The van der Waals surface area contributed by atoms with Gasteiger partial charge in [-0.05, 0) is 56.5 Å². The number of benzene rings is 1. The first-order valence-electron chi connectivity index (χ1n) is 9.92. The predicted molar refractivity (Wildman–Crippen MR) is 109 cm³/mol. The van der Waals surface area contributed by atoms with Crippen LogP contribution < -0.4 is 0 Å². The molecule has 0 spiro atoms. The Balaban J connectivity index is 1.45. The summed E-state index contributed by atoms with van der Waals surface area (Å²) in [4.78, 5) is 21.7. The molecule has 0 saturated carbocycles. The number of likely N-dealkylation sites (tertiary alicyclic amines) is 2. The SMILES string of the molecule is O=C(CN1CCC[C@@H](c2cccc(-c3cccc(Cl)c3)n2)C1)N1CCCC1. The van der Waals surface area contributed by atoms with Crippen LogP contribution in [0.4, 0.5) is 0 Å². The van der Waals surface area contributed by atoms with Crippen LogP contribution in [0.1, 0.15) is 37.3 Å². The van der Waals surface area contributed by atoms with Crippen LogP contribution in [-0.4, -0.2) is 53.4 Å². The number of piperidine rings is 1. The fraction of sp³-hybridized carbons (Fsp3) is 0.455. The topological polar surface area (TPSA) is 36.4 Å². The molecule has 1 atom stereocenters. The van der Waals surface area contributed by atoms with Crippen LogP contribution in [0, 0.1) is 0 Å². The number of hydrogen-bond acceptors (Lipinski definition) is 3. The van der Waals surface area contributed by atoms with Gasteiger partial charge in [-0.1, -0.05) is 29.8 Å². The smallest absolute Gasteiger partial charge is 0.236 e. The van der Waals surface area contributed by atoms with Crippen molar-refractivity contribution in [3.8, 4) is 11.3 Å². The van der Waals surface area contributed by atoms with Crippen LogP contribution in [0.15, 0.2) is 42.5 Å². The van der Waals surface area contributed by atoms with Crippen LogP contribution in [0.2, 0.25) is 5.02 Å². The first-order valence-corrected chi connectivity index (χ1v) is 10.3. The van der Waals surface area contributed by atoms with Gasteiger partial charge in [-0.2, -0.15) is 0 Å². The zero-order valence-corrected chi connectivity index (χ0v) is 16.4. The summed E-state index contributed by atoms with van der Waals surface area (Å²) < 4.78 is 0. The van der Waals surface area contributed by atoms with Crippen LogP contribution >= 0.6 is 11.6 Å². The highest BCUT2D eigenvalue weighted by atomic mass is 35.5. The molecule has 3 heterocycles. The quantitative estimate of drug-likeness (QED) is 0.793. The molecule has 2 aromatic rings. The van der Waals surface area contributed by atoms with Crippen LogP contribution in [0.5, 0.6) is 0 Å². The molecule has 2 saturated heterocycles. The third-order valence-corrected chi connectivity index (χ3v) is 5.87. The zero-order valence-electron chi connectivity index (χ0n) is 15.6. The average molecular weight is 384 g/mol. The Bertz CT molecular complexity index is 804. The third kappa shape index (κ3) is 4.50. The first kappa shape index (κ1) is 18.5. The Hall–Kier alpha value is -1.91. The van der Waals surface area contributed by atoms with Crippen molar-refractivity contribution in [3.63, 3.8) is 0 Å². The number of hydrogen-bond donors (Lipinski definition) is 0. The van der Waals surface area contributed by atoms with Crippen molar-refractivity contribution in [2.45, 2.75) is 31.6 Å². The minimum Gasteiger partial charge on any atom is -0.342 e. The minimum absolute atomic E-state index is 0.286. The standard InChI is InChI=1S/C22H26ClN3O/c23-19-8-3-6-17(14-19)20-9-4-10-21(24-20)18-7-5-11-25(15-18)16-22(27)26-12-1-2-13-26/h3-4,6,8-10,14,18H,1-2,5,7,11-13,15-16H2/t18-/m1/s1. The van der Waals surface area contributed by atoms with Gasteiger partial charge in [-0.3, -0.25) is 14.7 Å². The Morgan fingerprint density at radius 2 is 1.89 bits per heavy atom. The molecule has 5 heteroatoms. The van der Waals surface area contributed by atoms with Gasteiger partial charge >= 0.3 is 0 Å². The van der Waals surface area contributed by atoms with Gasteiger partial charge in [0.2, 0.25) is 5.91 Å². The van der Waals surface area contributed by atoms with E-state index in [1.54, 1.807) is 0 Å². The molecule has 1 aromatic heterocycles. The number of carbonyl (C=O) groups is 1. The maximum Gasteiger partial charge on any atom is 0.236 e. The number of aromatic nitrogens is 1. The van der Waals surface area contributed by atoms with E-state index >= 15 is 0 Å². The molecule has 0 aliphatic carbocycles. The highest BCUT2D eigenvalue weighted by Gasteiger charge is 2.26. The van der Waals surface area contributed by atoms with Gasteiger partial charge in [0.05, 0.1) is 12.2 Å². The molecule has 2 aliphatic rings. The number of amides is 1. The highest BCUT2D eigenvalue weighted by molar-refractivity contribution is 6.30. The number of carbonyl (C=O) groups excluding carboxylic acids is 1. The molecule has 0 unspecified atom stereocenters. The van der Waals surface area contributed by atoms with Gasteiger partial charge < -0.3 is 4.90 Å². The fourth-order valence-electron chi connectivity index (χ4n) is 4.19. The Morgan fingerprint density at radius 3 is 2.70 bits per heavy atom. The molecule has 142 valence electrons. The summed E-state index contributed by atoms with van der Waals surface area (Å²) >= 11 is 6.13. The molecule has 27 heavy (non-hydrogen) atoms. The van der Waals surface area contributed by atoms with E-state index in [1.165, 1.54) is 0 Å². The Kier molecular flexibility index (Phi) is 5.74. The number of nitrogens with zero attached hydrogens (tertiary/aromatic N) is 3. The Morgan fingerprint density at radius 1 is 1.07 bits per heavy atom. The number of halogens is 1. The fourth-order valence-corrected chi connectivity index (χ4v) is 4.38. The molecule has 1 aromatic carbocycles. The molecule has 1 amide bonds. The van der Waals surface area contributed by atoms with Crippen molar-refractivity contribution in [2.75, 3.05) is 32.7 Å². The van der Waals surface area contributed by atoms with E-state index in [9.17, 15) is 4.79 Å². The van der Waals surface area contributed by atoms with Crippen molar-refractivity contribution < 1.29 is 4.79 Å². The highest BCUT2D eigenvalue weighted by Crippen LogP contribution is 2.28. The molecule has 0 N–H and O–H groups in total. The van der Waals surface area contributed by atoms with Crippen molar-refractivity contribution in [1.29, 1.82) is 0 Å². The third-order valence-electron chi connectivity index (χ3n) is 5.63. The van der Waals surface area contributed by atoms with Crippen molar-refractivity contribution in [1.82, 2.24) is 14.8 Å². The predicted octanol–water partition coefficient (Wildman–Crippen LogP) is 4.20. The van der Waals surface area contributed by atoms with Gasteiger partial charge in [-0.15, -0.1) is 0 Å². The van der Waals surface area contributed by atoms with Gasteiger partial charge in [0.1, 0.15) is 0 Å². The van der Waals surface area contributed by atoms with Gasteiger partial charge in [0, 0.05) is 41.8 Å². The zero-order chi connectivity index (χ0) is 18.6. The number of rotatable bonds is 4. The summed E-state index contributed by atoms with van der Waals surface area (Å²) in [5, 5.41) is 0.726. The molecule has 0 radical (unpaired) electrons. The lowest BCUT2D eigenvalue weighted by molar-refractivity contribution is -0.131. The molecule has 4 nitrogen and oxygen atoms in total. The lowest BCUT2D eigenvalue weighted by atomic mass is 9.94. The van der Waals surface area contributed by atoms with Crippen LogP contribution in [0.25, 0.3) is 11.3 Å². The molecule has 0 bridgehead atoms. The largest absolute Gasteiger partial charge is 0.342 e. The van der Waals surface area contributed by atoms with Crippen LogP contribution in [-0.2, 0) is 4.79 Å². The summed E-state index contributed by atoms with van der Waals surface area (Å²) in [7, 11) is 0. The van der Waals surface area contributed by atoms with Crippen molar-refractivity contribution in [2.24, 2.45) is 0 Å². The minimum atomic E-state index is 0.286. The first-order chi connectivity index (χ1) is 13.2. The van der Waals surface area contributed by atoms with E-state index in [0.717, 1.165) is 73.8 Å². The summed E-state index contributed by atoms with van der Waals surface area (Å²) in [6.45, 7) is 4.32. The van der Waals surface area contributed by atoms with Gasteiger partial charge in [0.25, 0.3) is 0 Å². The van der Waals surface area contributed by atoms with E-state index in [2.05, 4.69) is 17.0 Å². The summed E-state index contributed by atoms with van der Waals surface area (Å²) in [6.07, 6.45) is 4.53. The normalized spacial score (nSPS) is 20.8. The molecule has 4 rings (SSSR count). The summed E-state index contributed by atoms with van der Waals surface area (Å²) in [5.74, 6) is 0.665. The van der Waals surface area contributed by atoms with E-state index < -0.39 is 0 Å². The van der Waals surface area contributed by atoms with Gasteiger partial charge in [0.15, 0.2) is 0 Å². The average Bonchev–Trinajstić information content (AvgIpc) is 3.23. The molecular formula is C22H26ClN3O. The number of pyridine rings is 1. The summed E-state index contributed by atoms with van der Waals surface area (Å²) in [5.41, 5.74) is 3.12. The van der Waals surface area contributed by atoms with E-state index in [4.69, 9.17) is 16.6 Å². The lowest BCUT2D eigenvalue weighted by Crippen LogP contribution is -2.43. The maximum atomic E-state index is 12.5. The second-order valence-corrected chi connectivity index (χ2v) is 8.06. The Labute approximate surface area is 166 Å². The van der Waals surface area contributed by atoms with Gasteiger partial charge in [-0.25, -0.2) is 0 Å². The monoisotopic (exact) mass is 383 g/mol. The molecule has 2 fully saturated rings. The van der Waals surface area contributed by atoms with Crippen molar-refractivity contribution in [3.05, 3.63) is 53.2 Å². The van der Waals surface area contributed by atoms with E-state index in [-0.39, 0.29) is 5.91 Å². The summed E-state index contributed by atoms with van der Waals surface area (Å²) in [6, 6.07) is 14.1. The molecule has 2 aliphatic heterocycles. The lowest BCUT2D eigenvalue weighted by Gasteiger charge is -2.33. The second kappa shape index (κ2) is 8.41. The van der Waals surface area contributed by atoms with E-state index in [1.807, 2.05) is 35.2 Å². The van der Waals surface area contributed by atoms with E-state index in [0.29, 0.717) is 12.5 Å². The van der Waals surface area contributed by atoms with Crippen LogP contribution in [0.3, 0.4) is 0 Å².